The molecule has 1 unspecified atom stereocenters. The van der Waals surface area contributed by atoms with Crippen LogP contribution in [-0.2, 0) is 9.53 Å². The van der Waals surface area contributed by atoms with Gasteiger partial charge in [-0.05, 0) is 43.4 Å². The van der Waals surface area contributed by atoms with Crippen molar-refractivity contribution in [3.8, 4) is 0 Å². The highest BCUT2D eigenvalue weighted by molar-refractivity contribution is 9.10. The minimum Gasteiger partial charge on any atom is -0.467 e. The molecular formula is C14H18BrNO3S. The molecule has 0 aromatic heterocycles. The summed E-state index contributed by atoms with van der Waals surface area (Å²) in [6.07, 6.45) is 1.87. The molecule has 0 heterocycles. The summed E-state index contributed by atoms with van der Waals surface area (Å²) in [5.74, 6) is -0.223. The number of nitrogens with one attached hydrogen (secondary N) is 1. The first-order chi connectivity index (χ1) is 9.40. The van der Waals surface area contributed by atoms with E-state index in [-0.39, 0.29) is 5.91 Å². The van der Waals surface area contributed by atoms with Gasteiger partial charge in [-0.1, -0.05) is 15.9 Å². The Kier molecular flexibility index (Phi) is 6.55. The van der Waals surface area contributed by atoms with E-state index in [2.05, 4.69) is 21.2 Å². The first-order valence-corrected chi connectivity index (χ1v) is 8.23. The summed E-state index contributed by atoms with van der Waals surface area (Å²) in [7, 11) is 1.32. The van der Waals surface area contributed by atoms with Crippen molar-refractivity contribution in [1.82, 2.24) is 5.32 Å². The van der Waals surface area contributed by atoms with Crippen LogP contribution in [0.1, 0.15) is 21.5 Å². The number of thioether (sulfide) groups is 1. The van der Waals surface area contributed by atoms with Crippen LogP contribution in [0.5, 0.6) is 0 Å². The van der Waals surface area contributed by atoms with E-state index in [9.17, 15) is 9.59 Å². The van der Waals surface area contributed by atoms with Gasteiger partial charge >= 0.3 is 5.97 Å². The van der Waals surface area contributed by atoms with Crippen molar-refractivity contribution in [1.29, 1.82) is 0 Å². The second-order valence-corrected chi connectivity index (χ2v) is 6.13. The number of halogens is 1. The molecule has 0 aliphatic heterocycles. The maximum atomic E-state index is 12.2. The van der Waals surface area contributed by atoms with Crippen LogP contribution in [-0.4, -0.2) is 37.0 Å². The second kappa shape index (κ2) is 7.69. The lowest BCUT2D eigenvalue weighted by atomic mass is 10.1. The smallest absolute Gasteiger partial charge is 0.329 e. The van der Waals surface area contributed by atoms with Crippen LogP contribution in [0.15, 0.2) is 16.6 Å². The van der Waals surface area contributed by atoms with Gasteiger partial charge < -0.3 is 10.1 Å². The van der Waals surface area contributed by atoms with Gasteiger partial charge in [0.25, 0.3) is 5.91 Å². The minimum absolute atomic E-state index is 0.270. The van der Waals surface area contributed by atoms with Crippen molar-refractivity contribution in [2.45, 2.75) is 19.9 Å². The lowest BCUT2D eigenvalue weighted by molar-refractivity contribution is -0.142. The van der Waals surface area contributed by atoms with Crippen molar-refractivity contribution in [2.75, 3.05) is 19.1 Å². The van der Waals surface area contributed by atoms with Crippen molar-refractivity contribution < 1.29 is 14.3 Å². The molecule has 0 saturated heterocycles. The summed E-state index contributed by atoms with van der Waals surface area (Å²) >= 11 is 4.94. The number of carbonyl (C=O) groups excluding carboxylic acids is 2. The molecule has 110 valence electrons. The van der Waals surface area contributed by atoms with Crippen molar-refractivity contribution in [2.24, 2.45) is 0 Å². The Morgan fingerprint density at radius 3 is 2.35 bits per heavy atom. The van der Waals surface area contributed by atoms with Gasteiger partial charge in [-0.25, -0.2) is 4.79 Å². The molecule has 0 fully saturated rings. The third kappa shape index (κ3) is 4.24. The predicted octanol–water partition coefficient (Wildman–Crippen LogP) is 2.70. The monoisotopic (exact) mass is 359 g/mol. The lowest BCUT2D eigenvalue weighted by Gasteiger charge is -2.16. The normalized spacial score (nSPS) is 11.8. The van der Waals surface area contributed by atoms with Crippen molar-refractivity contribution >= 4 is 39.6 Å². The Bertz CT molecular complexity index is 496. The highest BCUT2D eigenvalue weighted by Gasteiger charge is 2.22. The van der Waals surface area contributed by atoms with Crippen LogP contribution >= 0.6 is 27.7 Å². The number of benzene rings is 1. The van der Waals surface area contributed by atoms with E-state index >= 15 is 0 Å². The van der Waals surface area contributed by atoms with Crippen LogP contribution in [0.4, 0.5) is 0 Å². The molecule has 4 nitrogen and oxygen atoms in total. The van der Waals surface area contributed by atoms with E-state index in [1.54, 1.807) is 12.1 Å². The van der Waals surface area contributed by atoms with Gasteiger partial charge in [0.1, 0.15) is 6.04 Å². The van der Waals surface area contributed by atoms with E-state index in [1.807, 2.05) is 20.1 Å². The number of rotatable bonds is 5. The fourth-order valence-electron chi connectivity index (χ4n) is 1.80. The Hall–Kier alpha value is -1.01. The van der Waals surface area contributed by atoms with Crippen LogP contribution in [0, 0.1) is 13.8 Å². The summed E-state index contributed by atoms with van der Waals surface area (Å²) in [5.41, 5.74) is 2.50. The Balaban J connectivity index is 2.91. The SMILES string of the molecule is COC(=O)C(CSC)NC(=O)c1cc(C)c(Br)c(C)c1. The third-order valence-electron chi connectivity index (χ3n) is 2.82. The Morgan fingerprint density at radius 2 is 1.90 bits per heavy atom. The largest absolute Gasteiger partial charge is 0.467 e. The molecular weight excluding hydrogens is 342 g/mol. The highest BCUT2D eigenvalue weighted by atomic mass is 79.9. The topological polar surface area (TPSA) is 55.4 Å². The van der Waals surface area contributed by atoms with Gasteiger partial charge in [0.2, 0.25) is 0 Å². The quantitative estimate of drug-likeness (QED) is 0.821. The molecule has 0 aliphatic carbocycles. The van der Waals surface area contributed by atoms with Crippen LogP contribution in [0.2, 0.25) is 0 Å². The summed E-state index contributed by atoms with van der Waals surface area (Å²) in [6.45, 7) is 3.85. The molecule has 0 saturated carbocycles. The summed E-state index contributed by atoms with van der Waals surface area (Å²) in [5, 5.41) is 2.71. The standard InChI is InChI=1S/C14H18BrNO3S/c1-8-5-10(6-9(2)12(8)15)13(17)16-11(7-20-4)14(18)19-3/h5-6,11H,7H2,1-4H3,(H,16,17). The number of ether oxygens (including phenoxy) is 1. The van der Waals surface area contributed by atoms with Gasteiger partial charge in [0, 0.05) is 15.8 Å². The van der Waals surface area contributed by atoms with Gasteiger partial charge in [-0.3, -0.25) is 4.79 Å². The average molecular weight is 360 g/mol. The fourth-order valence-corrected chi connectivity index (χ4v) is 2.58. The minimum atomic E-state index is -0.633. The zero-order valence-electron chi connectivity index (χ0n) is 12.0. The van der Waals surface area contributed by atoms with Crippen LogP contribution < -0.4 is 5.32 Å². The lowest BCUT2D eigenvalue weighted by Crippen LogP contribution is -2.43. The van der Waals surface area contributed by atoms with E-state index in [0.717, 1.165) is 15.6 Å². The molecule has 0 spiro atoms. The van der Waals surface area contributed by atoms with E-state index in [1.165, 1.54) is 18.9 Å². The maximum absolute atomic E-state index is 12.2. The number of amides is 1. The molecule has 0 radical (unpaired) electrons. The molecule has 0 aliphatic rings. The molecule has 1 N–H and O–H groups in total. The molecule has 6 heteroatoms. The number of carbonyl (C=O) groups is 2. The highest BCUT2D eigenvalue weighted by Crippen LogP contribution is 2.22. The number of esters is 1. The number of hydrogen-bond donors (Lipinski definition) is 1. The molecule has 1 aromatic carbocycles. The van der Waals surface area contributed by atoms with Gasteiger partial charge in [-0.15, -0.1) is 0 Å². The Labute approximate surface area is 131 Å². The van der Waals surface area contributed by atoms with Gasteiger partial charge in [0.05, 0.1) is 7.11 Å². The molecule has 1 aromatic rings. The molecule has 1 amide bonds. The number of hydrogen-bond acceptors (Lipinski definition) is 4. The molecule has 0 bridgehead atoms. The maximum Gasteiger partial charge on any atom is 0.329 e. The van der Waals surface area contributed by atoms with Gasteiger partial charge in [-0.2, -0.15) is 11.8 Å². The van der Waals surface area contributed by atoms with E-state index < -0.39 is 12.0 Å². The zero-order valence-corrected chi connectivity index (χ0v) is 14.4. The van der Waals surface area contributed by atoms with Crippen molar-refractivity contribution in [3.05, 3.63) is 33.3 Å². The van der Waals surface area contributed by atoms with E-state index in [4.69, 9.17) is 4.74 Å². The van der Waals surface area contributed by atoms with E-state index in [0.29, 0.717) is 11.3 Å². The molecule has 20 heavy (non-hydrogen) atoms. The third-order valence-corrected chi connectivity index (χ3v) is 4.74. The predicted molar refractivity (Wildman–Crippen MR) is 85.3 cm³/mol. The zero-order chi connectivity index (χ0) is 15.3. The van der Waals surface area contributed by atoms with Gasteiger partial charge in [0.15, 0.2) is 0 Å². The van der Waals surface area contributed by atoms with Crippen molar-refractivity contribution in [3.63, 3.8) is 0 Å². The fraction of sp³-hybridized carbons (Fsp3) is 0.429. The summed E-state index contributed by atoms with van der Waals surface area (Å²) in [6, 6.07) is 2.95. The first-order valence-electron chi connectivity index (χ1n) is 6.05. The molecule has 1 atom stereocenters. The molecule has 1 rings (SSSR count). The summed E-state index contributed by atoms with van der Waals surface area (Å²) in [4.78, 5) is 23.8. The Morgan fingerprint density at radius 1 is 1.35 bits per heavy atom. The average Bonchev–Trinajstić information content (AvgIpc) is 2.42. The summed E-state index contributed by atoms with van der Waals surface area (Å²) < 4.78 is 5.68. The van der Waals surface area contributed by atoms with Crippen LogP contribution in [0.3, 0.4) is 0 Å². The second-order valence-electron chi connectivity index (χ2n) is 4.43. The van der Waals surface area contributed by atoms with Crippen LogP contribution in [0.25, 0.3) is 0 Å². The number of methoxy groups -OCH3 is 1. The first kappa shape index (κ1) is 17.0. The number of aryl methyl sites for hydroxylation is 2.